The Hall–Kier alpha value is -1.29. The molecule has 0 aliphatic carbocycles. The van der Waals surface area contributed by atoms with E-state index in [4.69, 9.17) is 25.8 Å². The van der Waals surface area contributed by atoms with Crippen LogP contribution in [0.4, 0.5) is 0 Å². The van der Waals surface area contributed by atoms with Crippen LogP contribution in [0.15, 0.2) is 27.0 Å². The van der Waals surface area contributed by atoms with E-state index in [0.29, 0.717) is 11.2 Å². The monoisotopic (exact) mass is 210 g/mol. The second-order valence-electron chi connectivity index (χ2n) is 3.23. The van der Waals surface area contributed by atoms with Gasteiger partial charge in [0, 0.05) is 18.3 Å². The van der Waals surface area contributed by atoms with Crippen LogP contribution in [0.2, 0.25) is 0 Å². The summed E-state index contributed by atoms with van der Waals surface area (Å²) in [5, 5.41) is 0. The molecule has 0 amide bonds. The number of hydrogen-bond acceptors (Lipinski definition) is 4. The highest BCUT2D eigenvalue weighted by Gasteiger charge is 2.04. The Kier molecular flexibility index (Phi) is 2.29. The van der Waals surface area contributed by atoms with Crippen LogP contribution in [0.1, 0.15) is 13.8 Å². The van der Waals surface area contributed by atoms with Crippen molar-refractivity contribution in [1.29, 1.82) is 0 Å². The molecular formula is C10H10O3S. The summed E-state index contributed by atoms with van der Waals surface area (Å²) in [6.07, 6.45) is 0.141. The Morgan fingerprint density at radius 2 is 1.93 bits per heavy atom. The van der Waals surface area contributed by atoms with E-state index in [1.807, 2.05) is 19.9 Å². The van der Waals surface area contributed by atoms with Crippen LogP contribution in [0, 0.1) is 4.90 Å². The van der Waals surface area contributed by atoms with E-state index in [1.54, 1.807) is 12.1 Å². The molecule has 0 unspecified atom stereocenters. The fourth-order valence-corrected chi connectivity index (χ4v) is 1.38. The van der Waals surface area contributed by atoms with Gasteiger partial charge < -0.3 is 13.6 Å². The van der Waals surface area contributed by atoms with Crippen molar-refractivity contribution >= 4 is 23.4 Å². The maximum absolute atomic E-state index is 5.50. The molecule has 0 fully saturated rings. The average molecular weight is 210 g/mol. The van der Waals surface area contributed by atoms with Crippen LogP contribution in [-0.4, -0.2) is 6.10 Å². The van der Waals surface area contributed by atoms with Gasteiger partial charge in [-0.05, 0) is 26.0 Å². The molecule has 0 radical (unpaired) electrons. The van der Waals surface area contributed by atoms with Crippen molar-refractivity contribution in [2.45, 2.75) is 20.0 Å². The fraction of sp³-hybridized carbons (Fsp3) is 0.300. The van der Waals surface area contributed by atoms with Crippen LogP contribution in [0.25, 0.3) is 11.2 Å². The second kappa shape index (κ2) is 3.46. The maximum Gasteiger partial charge on any atom is 0.363 e. The Morgan fingerprint density at radius 1 is 1.21 bits per heavy atom. The predicted octanol–water partition coefficient (Wildman–Crippen LogP) is 3.54. The summed E-state index contributed by atoms with van der Waals surface area (Å²) in [6.45, 7) is 3.93. The molecular weight excluding hydrogens is 200 g/mol. The third-order valence-corrected chi connectivity index (χ3v) is 1.84. The van der Waals surface area contributed by atoms with Gasteiger partial charge >= 0.3 is 4.90 Å². The van der Waals surface area contributed by atoms with Crippen LogP contribution >= 0.6 is 12.2 Å². The summed E-state index contributed by atoms with van der Waals surface area (Å²) < 4.78 is 15.8. The molecule has 2 rings (SSSR count). The minimum atomic E-state index is 0.140. The molecule has 1 aromatic carbocycles. The van der Waals surface area contributed by atoms with Crippen molar-refractivity contribution in [2.24, 2.45) is 0 Å². The molecule has 0 N–H and O–H groups in total. The Balaban J connectivity index is 2.45. The number of rotatable bonds is 2. The normalized spacial score (nSPS) is 11.1. The van der Waals surface area contributed by atoms with Crippen LogP contribution in [-0.2, 0) is 0 Å². The summed E-state index contributed by atoms with van der Waals surface area (Å²) in [4.78, 5) is 0.140. The lowest BCUT2D eigenvalue weighted by Gasteiger charge is -2.08. The van der Waals surface area contributed by atoms with Gasteiger partial charge in [0.1, 0.15) is 5.75 Å². The fourth-order valence-electron chi connectivity index (χ4n) is 1.20. The van der Waals surface area contributed by atoms with Crippen LogP contribution in [0.5, 0.6) is 5.75 Å². The number of benzene rings is 1. The largest absolute Gasteiger partial charge is 0.491 e. The van der Waals surface area contributed by atoms with Gasteiger partial charge in [0.15, 0.2) is 11.2 Å². The Morgan fingerprint density at radius 3 is 2.64 bits per heavy atom. The SMILES string of the molecule is CC(C)Oc1ccc2oc(=S)oc2c1. The highest BCUT2D eigenvalue weighted by atomic mass is 32.1. The molecule has 1 aromatic heterocycles. The quantitative estimate of drug-likeness (QED) is 0.710. The minimum absolute atomic E-state index is 0.140. The Bertz CT molecular complexity index is 495. The zero-order valence-electron chi connectivity index (χ0n) is 7.94. The molecule has 4 heteroatoms. The van der Waals surface area contributed by atoms with Crippen molar-refractivity contribution in [1.82, 2.24) is 0 Å². The highest BCUT2D eigenvalue weighted by molar-refractivity contribution is 7.71. The Labute approximate surface area is 86.3 Å². The average Bonchev–Trinajstić information content (AvgIpc) is 2.42. The molecule has 0 saturated heterocycles. The van der Waals surface area contributed by atoms with Gasteiger partial charge in [-0.15, -0.1) is 0 Å². The molecule has 3 nitrogen and oxygen atoms in total. The van der Waals surface area contributed by atoms with Gasteiger partial charge in [-0.3, -0.25) is 0 Å². The van der Waals surface area contributed by atoms with Gasteiger partial charge in [0.05, 0.1) is 6.10 Å². The maximum atomic E-state index is 5.50. The smallest absolute Gasteiger partial charge is 0.363 e. The summed E-state index contributed by atoms with van der Waals surface area (Å²) in [5.41, 5.74) is 1.26. The molecule has 0 saturated carbocycles. The second-order valence-corrected chi connectivity index (χ2v) is 3.56. The van der Waals surface area contributed by atoms with Gasteiger partial charge in [-0.25, -0.2) is 0 Å². The first-order valence-corrected chi connectivity index (χ1v) is 4.76. The van der Waals surface area contributed by atoms with Crippen molar-refractivity contribution in [2.75, 3.05) is 0 Å². The van der Waals surface area contributed by atoms with E-state index in [1.165, 1.54) is 0 Å². The minimum Gasteiger partial charge on any atom is -0.491 e. The lowest BCUT2D eigenvalue weighted by atomic mass is 10.3. The van der Waals surface area contributed by atoms with Crippen LogP contribution in [0.3, 0.4) is 0 Å². The number of hydrogen-bond donors (Lipinski definition) is 0. The first kappa shape index (κ1) is 9.27. The van der Waals surface area contributed by atoms with Crippen molar-refractivity contribution in [3.05, 3.63) is 23.1 Å². The van der Waals surface area contributed by atoms with Gasteiger partial charge in [-0.1, -0.05) is 0 Å². The summed E-state index contributed by atoms with van der Waals surface area (Å²) in [7, 11) is 0. The van der Waals surface area contributed by atoms with Crippen molar-refractivity contribution < 1.29 is 13.6 Å². The van der Waals surface area contributed by atoms with Gasteiger partial charge in [-0.2, -0.15) is 0 Å². The van der Waals surface area contributed by atoms with E-state index in [9.17, 15) is 0 Å². The molecule has 0 atom stereocenters. The van der Waals surface area contributed by atoms with E-state index in [-0.39, 0.29) is 11.0 Å². The summed E-state index contributed by atoms with van der Waals surface area (Å²) in [6, 6.07) is 5.39. The lowest BCUT2D eigenvalue weighted by Crippen LogP contribution is -2.04. The molecule has 14 heavy (non-hydrogen) atoms. The molecule has 0 bridgehead atoms. The zero-order chi connectivity index (χ0) is 10.1. The van der Waals surface area contributed by atoms with E-state index >= 15 is 0 Å². The standard InChI is InChI=1S/C10H10O3S/c1-6(2)11-7-3-4-8-9(5-7)13-10(14)12-8/h3-6H,1-2H3. The number of fused-ring (bicyclic) bond motifs is 1. The molecule has 1 heterocycles. The molecule has 0 aliphatic heterocycles. The molecule has 74 valence electrons. The van der Waals surface area contributed by atoms with Crippen molar-refractivity contribution in [3.63, 3.8) is 0 Å². The first-order valence-electron chi connectivity index (χ1n) is 4.35. The topological polar surface area (TPSA) is 35.5 Å². The van der Waals surface area contributed by atoms with E-state index < -0.39 is 0 Å². The highest BCUT2D eigenvalue weighted by Crippen LogP contribution is 2.23. The molecule has 2 aromatic rings. The first-order chi connectivity index (χ1) is 6.65. The zero-order valence-corrected chi connectivity index (χ0v) is 8.76. The molecule has 0 spiro atoms. The lowest BCUT2D eigenvalue weighted by molar-refractivity contribution is 0.242. The third kappa shape index (κ3) is 1.80. The molecule has 0 aliphatic rings. The number of ether oxygens (including phenoxy) is 1. The summed E-state index contributed by atoms with van der Waals surface area (Å²) >= 11 is 4.77. The van der Waals surface area contributed by atoms with Gasteiger partial charge in [0.25, 0.3) is 0 Å². The predicted molar refractivity (Wildman–Crippen MR) is 55.1 cm³/mol. The van der Waals surface area contributed by atoms with E-state index in [0.717, 1.165) is 5.75 Å². The third-order valence-electron chi connectivity index (χ3n) is 1.67. The van der Waals surface area contributed by atoms with Gasteiger partial charge in [0.2, 0.25) is 0 Å². The van der Waals surface area contributed by atoms with E-state index in [2.05, 4.69) is 0 Å². The van der Waals surface area contributed by atoms with Crippen LogP contribution < -0.4 is 4.74 Å². The summed E-state index contributed by atoms with van der Waals surface area (Å²) in [5.74, 6) is 0.757. The van der Waals surface area contributed by atoms with Crippen molar-refractivity contribution in [3.8, 4) is 5.75 Å².